The molecule has 0 bridgehead atoms. The van der Waals surface area contributed by atoms with Gasteiger partial charge in [-0.15, -0.1) is 0 Å². The predicted molar refractivity (Wildman–Crippen MR) is 79.3 cm³/mol. The molecule has 0 spiro atoms. The minimum absolute atomic E-state index is 0.150. The van der Waals surface area contributed by atoms with E-state index in [1.165, 1.54) is 11.1 Å². The van der Waals surface area contributed by atoms with Crippen LogP contribution in [-0.2, 0) is 17.3 Å². The Hall–Kier alpha value is -0.970. The zero-order valence-corrected chi connectivity index (χ0v) is 12.0. The lowest BCUT2D eigenvalue weighted by Crippen LogP contribution is -2.25. The summed E-state index contributed by atoms with van der Waals surface area (Å²) >= 11 is 1.70. The maximum Gasteiger partial charge on any atom is 0.0439 e. The molecule has 1 heterocycles. The first kappa shape index (κ1) is 13.5. The molecule has 96 valence electrons. The first-order chi connectivity index (χ1) is 8.75. The first-order valence-electron chi connectivity index (χ1n) is 5.85. The second-order valence-electron chi connectivity index (χ2n) is 4.22. The smallest absolute Gasteiger partial charge is 0.0439 e. The van der Waals surface area contributed by atoms with Crippen LogP contribution in [0.5, 0.6) is 0 Å². The summed E-state index contributed by atoms with van der Waals surface area (Å²) in [5, 5.41) is 7.70. The van der Waals surface area contributed by atoms with Crippen molar-refractivity contribution >= 4 is 22.1 Å². The van der Waals surface area contributed by atoms with Gasteiger partial charge in [-0.05, 0) is 28.0 Å². The van der Waals surface area contributed by atoms with E-state index in [1.54, 1.807) is 17.6 Å². The number of nitrogens with one attached hydrogen (secondary N) is 1. The van der Waals surface area contributed by atoms with Crippen LogP contribution in [0.15, 0.2) is 47.2 Å². The topological polar surface area (TPSA) is 29.1 Å². The van der Waals surface area contributed by atoms with Gasteiger partial charge in [0.25, 0.3) is 0 Å². The van der Waals surface area contributed by atoms with Gasteiger partial charge in [0, 0.05) is 35.4 Å². The van der Waals surface area contributed by atoms with Crippen LogP contribution in [0.3, 0.4) is 0 Å². The van der Waals surface area contributed by atoms with Gasteiger partial charge >= 0.3 is 0 Å². The highest BCUT2D eigenvalue weighted by Gasteiger charge is 2.12. The summed E-state index contributed by atoms with van der Waals surface area (Å²) < 4.78 is 11.5. The normalized spacial score (nSPS) is 14.3. The molecule has 0 aliphatic heterocycles. The lowest BCUT2D eigenvalue weighted by atomic mass is 10.1. The maximum atomic E-state index is 11.5. The van der Waals surface area contributed by atoms with Crippen molar-refractivity contribution < 1.29 is 4.21 Å². The number of benzene rings is 1. The fraction of sp³-hybridized carbons (Fsp3) is 0.286. The van der Waals surface area contributed by atoms with Crippen molar-refractivity contribution in [1.29, 1.82) is 0 Å². The number of rotatable bonds is 6. The summed E-state index contributed by atoms with van der Waals surface area (Å²) in [7, 11) is -0.804. The summed E-state index contributed by atoms with van der Waals surface area (Å²) in [6.07, 6.45) is 1.75. The molecular weight excluding hydrogens is 262 g/mol. The van der Waals surface area contributed by atoms with Crippen LogP contribution < -0.4 is 5.32 Å². The van der Waals surface area contributed by atoms with Crippen LogP contribution in [0.4, 0.5) is 0 Å². The highest BCUT2D eigenvalue weighted by atomic mass is 32.2. The first-order valence-corrected chi connectivity index (χ1v) is 8.52. The van der Waals surface area contributed by atoms with Gasteiger partial charge in [0.1, 0.15) is 0 Å². The molecule has 0 saturated heterocycles. The predicted octanol–water partition coefficient (Wildman–Crippen LogP) is 2.96. The van der Waals surface area contributed by atoms with Gasteiger partial charge in [0.15, 0.2) is 0 Å². The van der Waals surface area contributed by atoms with Crippen LogP contribution in [-0.4, -0.2) is 16.2 Å². The molecule has 2 unspecified atom stereocenters. The zero-order chi connectivity index (χ0) is 12.8. The van der Waals surface area contributed by atoms with Crippen molar-refractivity contribution in [2.75, 3.05) is 12.0 Å². The number of hydrogen-bond donors (Lipinski definition) is 1. The van der Waals surface area contributed by atoms with Crippen LogP contribution in [0.25, 0.3) is 0 Å². The number of thiophene rings is 1. The van der Waals surface area contributed by atoms with Crippen molar-refractivity contribution in [3.05, 3.63) is 58.3 Å². The molecule has 2 nitrogen and oxygen atoms in total. The molecule has 0 aliphatic carbocycles. The molecule has 0 radical (unpaired) electrons. The fourth-order valence-corrected chi connectivity index (χ4v) is 3.28. The van der Waals surface area contributed by atoms with E-state index in [9.17, 15) is 4.21 Å². The van der Waals surface area contributed by atoms with E-state index in [0.29, 0.717) is 5.75 Å². The summed E-state index contributed by atoms with van der Waals surface area (Å²) in [5.41, 5.74) is 2.48. The van der Waals surface area contributed by atoms with E-state index in [1.807, 2.05) is 18.2 Å². The van der Waals surface area contributed by atoms with Gasteiger partial charge in [0.05, 0.1) is 0 Å². The Morgan fingerprint density at radius 2 is 2.06 bits per heavy atom. The SMILES string of the molecule is CS(=O)CC(NCc1ccsc1)c1ccccc1. The molecule has 2 rings (SSSR count). The minimum Gasteiger partial charge on any atom is -0.305 e. The Labute approximate surface area is 115 Å². The quantitative estimate of drug-likeness (QED) is 0.881. The van der Waals surface area contributed by atoms with Gasteiger partial charge in [-0.25, -0.2) is 0 Å². The Balaban J connectivity index is 2.03. The van der Waals surface area contributed by atoms with Crippen LogP contribution in [0, 0.1) is 0 Å². The maximum absolute atomic E-state index is 11.5. The molecule has 1 aromatic carbocycles. The van der Waals surface area contributed by atoms with Gasteiger partial charge in [-0.2, -0.15) is 11.3 Å². The van der Waals surface area contributed by atoms with Crippen LogP contribution in [0.1, 0.15) is 17.2 Å². The Bertz CT molecular complexity index is 482. The van der Waals surface area contributed by atoms with E-state index in [0.717, 1.165) is 6.54 Å². The Morgan fingerprint density at radius 3 is 2.67 bits per heavy atom. The fourth-order valence-electron chi connectivity index (χ4n) is 1.83. The van der Waals surface area contributed by atoms with E-state index in [4.69, 9.17) is 0 Å². The van der Waals surface area contributed by atoms with E-state index in [2.05, 4.69) is 34.3 Å². The Morgan fingerprint density at radius 1 is 1.28 bits per heavy atom. The average Bonchev–Trinajstić information content (AvgIpc) is 2.88. The Kier molecular flexibility index (Phi) is 5.11. The lowest BCUT2D eigenvalue weighted by Gasteiger charge is -2.17. The molecule has 18 heavy (non-hydrogen) atoms. The van der Waals surface area contributed by atoms with Crippen molar-refractivity contribution in [2.45, 2.75) is 12.6 Å². The minimum atomic E-state index is -0.804. The second kappa shape index (κ2) is 6.83. The van der Waals surface area contributed by atoms with Crippen LogP contribution in [0.2, 0.25) is 0 Å². The van der Waals surface area contributed by atoms with Gasteiger partial charge in [-0.1, -0.05) is 30.3 Å². The standard InChI is InChI=1S/C14H17NOS2/c1-18(16)11-14(13-5-3-2-4-6-13)15-9-12-7-8-17-10-12/h2-8,10,14-15H,9,11H2,1H3. The largest absolute Gasteiger partial charge is 0.305 e. The summed E-state index contributed by atoms with van der Waals surface area (Å²) in [6.45, 7) is 0.820. The monoisotopic (exact) mass is 279 g/mol. The molecule has 2 atom stereocenters. The molecule has 0 amide bonds. The van der Waals surface area contributed by atoms with Crippen molar-refractivity contribution in [1.82, 2.24) is 5.32 Å². The van der Waals surface area contributed by atoms with Gasteiger partial charge < -0.3 is 5.32 Å². The highest BCUT2D eigenvalue weighted by molar-refractivity contribution is 7.84. The highest BCUT2D eigenvalue weighted by Crippen LogP contribution is 2.15. The third-order valence-corrected chi connectivity index (χ3v) is 4.27. The molecule has 0 fully saturated rings. The summed E-state index contributed by atoms with van der Waals surface area (Å²) in [5.74, 6) is 0.647. The molecule has 1 N–H and O–H groups in total. The zero-order valence-electron chi connectivity index (χ0n) is 10.3. The van der Waals surface area contributed by atoms with Gasteiger partial charge in [0.2, 0.25) is 0 Å². The average molecular weight is 279 g/mol. The molecule has 0 aliphatic rings. The lowest BCUT2D eigenvalue weighted by molar-refractivity contribution is 0.575. The molecule has 4 heteroatoms. The molecule has 1 aromatic heterocycles. The number of hydrogen-bond acceptors (Lipinski definition) is 3. The third kappa shape index (κ3) is 4.05. The van der Waals surface area contributed by atoms with Gasteiger partial charge in [-0.3, -0.25) is 4.21 Å². The summed E-state index contributed by atoms with van der Waals surface area (Å²) in [6, 6.07) is 12.5. The van der Waals surface area contributed by atoms with E-state index >= 15 is 0 Å². The van der Waals surface area contributed by atoms with Crippen molar-refractivity contribution in [2.24, 2.45) is 0 Å². The molecule has 2 aromatic rings. The third-order valence-electron chi connectivity index (χ3n) is 2.74. The van der Waals surface area contributed by atoms with Crippen molar-refractivity contribution in [3.8, 4) is 0 Å². The molecular formula is C14H17NOS2. The van der Waals surface area contributed by atoms with E-state index < -0.39 is 10.8 Å². The summed E-state index contributed by atoms with van der Waals surface area (Å²) in [4.78, 5) is 0. The second-order valence-corrected chi connectivity index (χ2v) is 6.48. The van der Waals surface area contributed by atoms with E-state index in [-0.39, 0.29) is 6.04 Å². The van der Waals surface area contributed by atoms with Crippen molar-refractivity contribution in [3.63, 3.8) is 0 Å². The molecule has 0 saturated carbocycles. The van der Waals surface area contributed by atoms with Crippen LogP contribution >= 0.6 is 11.3 Å².